The highest BCUT2D eigenvalue weighted by atomic mass is 79.9. The lowest BCUT2D eigenvalue weighted by Gasteiger charge is -2.14. The van der Waals surface area contributed by atoms with Gasteiger partial charge in [-0.1, -0.05) is 34.1 Å². The molecule has 1 amide bonds. The number of rotatable bonds is 4. The van der Waals surface area contributed by atoms with Gasteiger partial charge in [-0.15, -0.1) is 0 Å². The minimum atomic E-state index is -0.992. The molecule has 0 spiro atoms. The molecule has 0 aromatic heterocycles. The van der Waals surface area contributed by atoms with Gasteiger partial charge in [0.1, 0.15) is 6.07 Å². The molecular weight excluding hydrogens is 360 g/mol. The molecule has 2 aromatic carbocycles. The van der Waals surface area contributed by atoms with E-state index in [1.54, 1.807) is 48.5 Å². The van der Waals surface area contributed by atoms with Crippen molar-refractivity contribution in [2.45, 2.75) is 13.0 Å². The maximum Gasteiger partial charge on any atom is 0.338 e. The smallest absolute Gasteiger partial charge is 0.338 e. The fourth-order valence-corrected chi connectivity index (χ4v) is 2.22. The van der Waals surface area contributed by atoms with E-state index < -0.39 is 18.0 Å². The molecule has 0 heterocycles. The predicted octanol–water partition coefficient (Wildman–Crippen LogP) is 3.50. The molecule has 5 nitrogen and oxygen atoms in total. The Balaban J connectivity index is 2.03. The Kier molecular flexibility index (Phi) is 5.50. The van der Waals surface area contributed by atoms with E-state index in [1.807, 2.05) is 6.07 Å². The van der Waals surface area contributed by atoms with Crippen molar-refractivity contribution in [3.05, 3.63) is 64.1 Å². The number of amides is 1. The zero-order chi connectivity index (χ0) is 16.8. The van der Waals surface area contributed by atoms with E-state index in [-0.39, 0.29) is 0 Å². The molecule has 0 bridgehead atoms. The number of nitrogens with zero attached hydrogens (tertiary/aromatic N) is 1. The summed E-state index contributed by atoms with van der Waals surface area (Å²) in [5.74, 6) is -1.10. The first-order valence-electron chi connectivity index (χ1n) is 6.78. The Labute approximate surface area is 142 Å². The third-order valence-electron chi connectivity index (χ3n) is 3.02. The van der Waals surface area contributed by atoms with Crippen molar-refractivity contribution < 1.29 is 14.3 Å². The number of hydrogen-bond acceptors (Lipinski definition) is 4. The standard InChI is InChI=1S/C17H13BrN2O3/c1-11(23-17(22)12-6-4-7-14(18)9-12)16(21)20-15-8-3-2-5-13(15)10-19/h2-9,11H,1H3,(H,20,21)/t11-/m0/s1. The van der Waals surface area contributed by atoms with E-state index in [9.17, 15) is 9.59 Å². The van der Waals surface area contributed by atoms with Crippen molar-refractivity contribution in [3.8, 4) is 6.07 Å². The van der Waals surface area contributed by atoms with Crippen LogP contribution in [-0.4, -0.2) is 18.0 Å². The lowest BCUT2D eigenvalue weighted by atomic mass is 10.2. The molecular formula is C17H13BrN2O3. The summed E-state index contributed by atoms with van der Waals surface area (Å²) in [5.41, 5.74) is 1.06. The molecule has 2 rings (SSSR count). The van der Waals surface area contributed by atoms with Crippen LogP contribution in [0.1, 0.15) is 22.8 Å². The number of para-hydroxylation sites is 1. The lowest BCUT2D eigenvalue weighted by Crippen LogP contribution is -2.30. The van der Waals surface area contributed by atoms with Gasteiger partial charge < -0.3 is 10.1 Å². The number of halogens is 1. The predicted molar refractivity (Wildman–Crippen MR) is 88.8 cm³/mol. The SMILES string of the molecule is C[C@H](OC(=O)c1cccc(Br)c1)C(=O)Nc1ccccc1C#N. The Morgan fingerprint density at radius 3 is 2.65 bits per heavy atom. The molecule has 116 valence electrons. The van der Waals surface area contributed by atoms with E-state index in [2.05, 4.69) is 21.2 Å². The maximum atomic E-state index is 12.1. The average molecular weight is 373 g/mol. The van der Waals surface area contributed by atoms with Crippen molar-refractivity contribution in [1.29, 1.82) is 5.26 Å². The number of esters is 1. The first-order chi connectivity index (χ1) is 11.0. The number of benzene rings is 2. The second-order valence-corrected chi connectivity index (χ2v) is 5.62. The molecule has 0 aliphatic heterocycles. The topological polar surface area (TPSA) is 79.2 Å². The van der Waals surface area contributed by atoms with Crippen LogP contribution in [0, 0.1) is 11.3 Å². The molecule has 0 unspecified atom stereocenters. The molecule has 2 aromatic rings. The third-order valence-corrected chi connectivity index (χ3v) is 3.51. The minimum absolute atomic E-state index is 0.339. The summed E-state index contributed by atoms with van der Waals surface area (Å²) in [6.07, 6.45) is -0.992. The first kappa shape index (κ1) is 16.7. The molecule has 0 radical (unpaired) electrons. The van der Waals surface area contributed by atoms with Crippen molar-refractivity contribution in [2.75, 3.05) is 5.32 Å². The molecule has 1 atom stereocenters. The van der Waals surface area contributed by atoms with Gasteiger partial charge >= 0.3 is 5.97 Å². The van der Waals surface area contributed by atoms with Gasteiger partial charge in [-0.2, -0.15) is 5.26 Å². The second kappa shape index (κ2) is 7.56. The number of ether oxygens (including phenoxy) is 1. The highest BCUT2D eigenvalue weighted by molar-refractivity contribution is 9.10. The number of carbonyl (C=O) groups excluding carboxylic acids is 2. The van der Waals surface area contributed by atoms with Crippen molar-refractivity contribution in [2.24, 2.45) is 0 Å². The molecule has 0 saturated heterocycles. The quantitative estimate of drug-likeness (QED) is 0.832. The highest BCUT2D eigenvalue weighted by Gasteiger charge is 2.20. The van der Waals surface area contributed by atoms with Crippen molar-refractivity contribution in [3.63, 3.8) is 0 Å². The van der Waals surface area contributed by atoms with E-state index in [0.717, 1.165) is 4.47 Å². The van der Waals surface area contributed by atoms with Crippen molar-refractivity contribution in [1.82, 2.24) is 0 Å². The van der Waals surface area contributed by atoms with Gasteiger partial charge in [0.05, 0.1) is 16.8 Å². The maximum absolute atomic E-state index is 12.1. The Morgan fingerprint density at radius 1 is 1.22 bits per heavy atom. The molecule has 0 aliphatic carbocycles. The zero-order valence-corrected chi connectivity index (χ0v) is 13.8. The number of nitriles is 1. The zero-order valence-electron chi connectivity index (χ0n) is 12.2. The first-order valence-corrected chi connectivity index (χ1v) is 7.57. The second-order valence-electron chi connectivity index (χ2n) is 4.70. The van der Waals surface area contributed by atoms with Crippen LogP contribution in [-0.2, 0) is 9.53 Å². The third kappa shape index (κ3) is 4.41. The average Bonchev–Trinajstić information content (AvgIpc) is 2.55. The van der Waals surface area contributed by atoms with Gasteiger partial charge in [0.15, 0.2) is 6.10 Å². The Morgan fingerprint density at radius 2 is 1.96 bits per heavy atom. The lowest BCUT2D eigenvalue weighted by molar-refractivity contribution is -0.123. The summed E-state index contributed by atoms with van der Waals surface area (Å²) in [7, 11) is 0. The molecule has 0 aliphatic rings. The van der Waals surface area contributed by atoms with Gasteiger partial charge in [0.25, 0.3) is 5.91 Å². The number of carbonyl (C=O) groups is 2. The number of hydrogen-bond donors (Lipinski definition) is 1. The minimum Gasteiger partial charge on any atom is -0.449 e. The fraction of sp³-hybridized carbons (Fsp3) is 0.118. The normalized spacial score (nSPS) is 11.2. The van der Waals surface area contributed by atoms with Crippen LogP contribution in [0.4, 0.5) is 5.69 Å². The summed E-state index contributed by atoms with van der Waals surface area (Å²) in [4.78, 5) is 24.1. The van der Waals surface area contributed by atoms with E-state index in [1.165, 1.54) is 6.92 Å². The van der Waals surface area contributed by atoms with Crippen LogP contribution < -0.4 is 5.32 Å². The molecule has 23 heavy (non-hydrogen) atoms. The molecule has 1 N–H and O–H groups in total. The van der Waals surface area contributed by atoms with Gasteiger partial charge in [-0.25, -0.2) is 4.79 Å². The summed E-state index contributed by atoms with van der Waals surface area (Å²) in [6.45, 7) is 1.47. The van der Waals surface area contributed by atoms with Crippen LogP contribution in [0.3, 0.4) is 0 Å². The number of nitrogens with one attached hydrogen (secondary N) is 1. The fourth-order valence-electron chi connectivity index (χ4n) is 1.82. The van der Waals surface area contributed by atoms with Gasteiger partial charge in [0, 0.05) is 4.47 Å². The molecule has 6 heteroatoms. The van der Waals surface area contributed by atoms with E-state index >= 15 is 0 Å². The molecule has 0 saturated carbocycles. The van der Waals surface area contributed by atoms with Crippen molar-refractivity contribution >= 4 is 33.5 Å². The van der Waals surface area contributed by atoms with Crippen LogP contribution in [0.5, 0.6) is 0 Å². The monoisotopic (exact) mass is 372 g/mol. The summed E-state index contributed by atoms with van der Waals surface area (Å²) < 4.78 is 5.89. The van der Waals surface area contributed by atoms with E-state index in [4.69, 9.17) is 10.00 Å². The highest BCUT2D eigenvalue weighted by Crippen LogP contribution is 2.16. The van der Waals surface area contributed by atoms with Gasteiger partial charge in [0.2, 0.25) is 0 Å². The summed E-state index contributed by atoms with van der Waals surface area (Å²) in [5, 5.41) is 11.6. The van der Waals surface area contributed by atoms with Crippen LogP contribution in [0.25, 0.3) is 0 Å². The van der Waals surface area contributed by atoms with Gasteiger partial charge in [-0.05, 0) is 37.3 Å². The Hall–Kier alpha value is -2.65. The largest absolute Gasteiger partial charge is 0.449 e. The number of anilines is 1. The van der Waals surface area contributed by atoms with E-state index in [0.29, 0.717) is 16.8 Å². The summed E-state index contributed by atoms with van der Waals surface area (Å²) >= 11 is 3.27. The molecule has 0 fully saturated rings. The van der Waals surface area contributed by atoms with Crippen LogP contribution >= 0.6 is 15.9 Å². The van der Waals surface area contributed by atoms with Crippen LogP contribution in [0.2, 0.25) is 0 Å². The van der Waals surface area contributed by atoms with Gasteiger partial charge in [-0.3, -0.25) is 4.79 Å². The Bertz CT molecular complexity index is 783. The van der Waals surface area contributed by atoms with Crippen LogP contribution in [0.15, 0.2) is 53.0 Å². The summed E-state index contributed by atoms with van der Waals surface area (Å²) in [6, 6.07) is 15.3.